The smallest absolute Gasteiger partial charge is 0.156 e. The highest BCUT2D eigenvalue weighted by Gasteiger charge is 2.20. The van der Waals surface area contributed by atoms with Crippen LogP contribution in [0.1, 0.15) is 12.8 Å². The summed E-state index contributed by atoms with van der Waals surface area (Å²) in [6, 6.07) is 7.25. The number of aromatic nitrogens is 3. The Kier molecular flexibility index (Phi) is 4.61. The van der Waals surface area contributed by atoms with Gasteiger partial charge in [-0.2, -0.15) is 0 Å². The number of phenols is 1. The highest BCUT2D eigenvalue weighted by molar-refractivity contribution is 6.30. The second-order valence-electron chi connectivity index (χ2n) is 6.73. The second-order valence-corrected chi connectivity index (χ2v) is 7.16. The van der Waals surface area contributed by atoms with E-state index >= 15 is 0 Å². The Labute approximate surface area is 156 Å². The van der Waals surface area contributed by atoms with Crippen molar-refractivity contribution in [1.29, 1.82) is 0 Å². The largest absolute Gasteiger partial charge is 0.507 e. The van der Waals surface area contributed by atoms with Crippen molar-refractivity contribution in [2.45, 2.75) is 18.9 Å². The number of hydrogen-bond donors (Lipinski definition) is 2. The van der Waals surface area contributed by atoms with E-state index < -0.39 is 0 Å². The Morgan fingerprint density at radius 1 is 1.23 bits per heavy atom. The number of anilines is 1. The topological polar surface area (TPSA) is 74.2 Å². The van der Waals surface area contributed by atoms with E-state index in [9.17, 15) is 5.11 Å². The van der Waals surface area contributed by atoms with Crippen molar-refractivity contribution in [3.63, 3.8) is 0 Å². The fraction of sp³-hybridized carbons (Fsp3) is 0.316. The number of piperidine rings is 1. The minimum atomic E-state index is 0.0755. The maximum Gasteiger partial charge on any atom is 0.156 e. The molecule has 4 rings (SSSR count). The number of nitrogens with one attached hydrogen (secondary N) is 1. The lowest BCUT2D eigenvalue weighted by Crippen LogP contribution is -2.40. The van der Waals surface area contributed by atoms with Crippen LogP contribution in [0.2, 0.25) is 5.02 Å². The average molecular weight is 370 g/mol. The molecule has 0 bridgehead atoms. The molecule has 1 fully saturated rings. The number of likely N-dealkylation sites (tertiary alicyclic amines) is 1. The molecule has 0 aliphatic carbocycles. The van der Waals surface area contributed by atoms with Crippen molar-refractivity contribution in [2.75, 3.05) is 25.5 Å². The molecular formula is C19H20ClN5O. The molecule has 1 aromatic carbocycles. The summed E-state index contributed by atoms with van der Waals surface area (Å²) in [5.74, 6) is 0.825. The van der Waals surface area contributed by atoms with E-state index in [1.54, 1.807) is 24.5 Å². The number of benzene rings is 1. The first-order valence-electron chi connectivity index (χ1n) is 8.66. The van der Waals surface area contributed by atoms with Gasteiger partial charge in [-0.1, -0.05) is 11.6 Å². The predicted octanol–water partition coefficient (Wildman–Crippen LogP) is 3.56. The monoisotopic (exact) mass is 369 g/mol. The molecule has 3 heterocycles. The van der Waals surface area contributed by atoms with Crippen molar-refractivity contribution in [3.8, 4) is 17.0 Å². The Balaban J connectivity index is 1.76. The molecule has 0 radical (unpaired) electrons. The maximum absolute atomic E-state index is 10.3. The van der Waals surface area contributed by atoms with Crippen LogP contribution in [0.5, 0.6) is 5.75 Å². The zero-order valence-corrected chi connectivity index (χ0v) is 15.2. The van der Waals surface area contributed by atoms with Gasteiger partial charge in [-0.05, 0) is 50.7 Å². The third-order valence-corrected chi connectivity index (χ3v) is 5.00. The molecule has 2 aromatic heterocycles. The molecule has 0 spiro atoms. The van der Waals surface area contributed by atoms with Crippen molar-refractivity contribution in [3.05, 3.63) is 41.7 Å². The third kappa shape index (κ3) is 3.30. The highest BCUT2D eigenvalue weighted by Crippen LogP contribution is 2.35. The van der Waals surface area contributed by atoms with Crippen LogP contribution in [0, 0.1) is 0 Å². The van der Waals surface area contributed by atoms with Gasteiger partial charge in [0.15, 0.2) is 5.82 Å². The number of halogens is 1. The molecule has 6 nitrogen and oxygen atoms in total. The van der Waals surface area contributed by atoms with Gasteiger partial charge in [-0.3, -0.25) is 4.98 Å². The number of likely N-dealkylation sites (N-methyl/N-ethyl adjacent to an activating group) is 1. The zero-order chi connectivity index (χ0) is 18.1. The minimum absolute atomic E-state index is 0.0755. The minimum Gasteiger partial charge on any atom is -0.507 e. The summed E-state index contributed by atoms with van der Waals surface area (Å²) in [7, 11) is 2.13. The van der Waals surface area contributed by atoms with Crippen molar-refractivity contribution >= 4 is 28.2 Å². The van der Waals surface area contributed by atoms with E-state index in [0.717, 1.165) is 42.5 Å². The summed E-state index contributed by atoms with van der Waals surface area (Å²) in [6.45, 7) is 2.11. The standard InChI is InChI=1S/C19H20ClN5O/c1-25-8-2-3-13(11-25)22-19-14-6-7-21-10-16(14)18(23-24-19)15-5-4-12(20)9-17(15)26/h4-7,9-10,13,26H,2-3,8,11H2,1H3,(H,22,24)/t13-/m1/s1. The average Bonchev–Trinajstić information content (AvgIpc) is 2.63. The van der Waals surface area contributed by atoms with Gasteiger partial charge in [0.25, 0.3) is 0 Å². The summed E-state index contributed by atoms with van der Waals surface area (Å²) in [4.78, 5) is 6.55. The number of aromatic hydroxyl groups is 1. The molecule has 3 aromatic rings. The molecule has 1 aliphatic rings. The predicted molar refractivity (Wildman–Crippen MR) is 104 cm³/mol. The SMILES string of the molecule is CN1CCC[C@@H](Nc2nnc(-c3ccc(Cl)cc3O)c3cnccc23)C1. The summed E-state index contributed by atoms with van der Waals surface area (Å²) >= 11 is 5.95. The summed E-state index contributed by atoms with van der Waals surface area (Å²) in [6.07, 6.45) is 5.77. The van der Waals surface area contributed by atoms with Crippen LogP contribution >= 0.6 is 11.6 Å². The van der Waals surface area contributed by atoms with Gasteiger partial charge in [0.2, 0.25) is 0 Å². The van der Waals surface area contributed by atoms with Crippen LogP contribution < -0.4 is 5.32 Å². The van der Waals surface area contributed by atoms with Crippen LogP contribution in [0.4, 0.5) is 5.82 Å². The lowest BCUT2D eigenvalue weighted by Gasteiger charge is -2.30. The first kappa shape index (κ1) is 17.0. The highest BCUT2D eigenvalue weighted by atomic mass is 35.5. The molecule has 7 heteroatoms. The summed E-state index contributed by atoms with van der Waals surface area (Å²) in [5, 5.41) is 24.8. The van der Waals surface area contributed by atoms with Gasteiger partial charge in [-0.15, -0.1) is 10.2 Å². The van der Waals surface area contributed by atoms with Crippen molar-refractivity contribution < 1.29 is 5.11 Å². The van der Waals surface area contributed by atoms with Gasteiger partial charge in [0.1, 0.15) is 11.4 Å². The van der Waals surface area contributed by atoms with Gasteiger partial charge >= 0.3 is 0 Å². The van der Waals surface area contributed by atoms with Crippen LogP contribution in [0.15, 0.2) is 36.7 Å². The van der Waals surface area contributed by atoms with E-state index in [2.05, 4.69) is 32.4 Å². The van der Waals surface area contributed by atoms with Crippen LogP contribution in [-0.2, 0) is 0 Å². The normalized spacial score (nSPS) is 18.2. The molecular weight excluding hydrogens is 350 g/mol. The Morgan fingerprint density at radius 2 is 2.12 bits per heavy atom. The molecule has 26 heavy (non-hydrogen) atoms. The van der Waals surface area contributed by atoms with E-state index in [1.807, 2.05) is 6.07 Å². The lowest BCUT2D eigenvalue weighted by molar-refractivity contribution is 0.261. The van der Waals surface area contributed by atoms with E-state index in [4.69, 9.17) is 11.6 Å². The number of rotatable bonds is 3. The Hall–Kier alpha value is -2.44. The number of hydrogen-bond acceptors (Lipinski definition) is 6. The summed E-state index contributed by atoms with van der Waals surface area (Å²) < 4.78 is 0. The molecule has 2 N–H and O–H groups in total. The number of fused-ring (bicyclic) bond motifs is 1. The molecule has 0 amide bonds. The van der Waals surface area contributed by atoms with Gasteiger partial charge in [-0.25, -0.2) is 0 Å². The first-order valence-corrected chi connectivity index (χ1v) is 9.04. The fourth-order valence-electron chi connectivity index (χ4n) is 3.49. The van der Waals surface area contributed by atoms with Gasteiger partial charge in [0, 0.05) is 46.3 Å². The molecule has 0 unspecified atom stereocenters. The quantitative estimate of drug-likeness (QED) is 0.735. The van der Waals surface area contributed by atoms with Crippen LogP contribution in [0.25, 0.3) is 22.0 Å². The van der Waals surface area contributed by atoms with E-state index in [0.29, 0.717) is 22.3 Å². The number of pyridine rings is 1. The second kappa shape index (κ2) is 7.05. The van der Waals surface area contributed by atoms with Crippen LogP contribution in [-0.4, -0.2) is 51.4 Å². The number of nitrogens with zero attached hydrogens (tertiary/aromatic N) is 4. The molecule has 1 saturated heterocycles. The third-order valence-electron chi connectivity index (χ3n) is 4.76. The van der Waals surface area contributed by atoms with Gasteiger partial charge in [0.05, 0.1) is 0 Å². The summed E-state index contributed by atoms with van der Waals surface area (Å²) in [5.41, 5.74) is 1.18. The van der Waals surface area contributed by atoms with Crippen LogP contribution in [0.3, 0.4) is 0 Å². The lowest BCUT2D eigenvalue weighted by atomic mass is 10.0. The molecule has 134 valence electrons. The fourth-order valence-corrected chi connectivity index (χ4v) is 3.65. The van der Waals surface area contributed by atoms with E-state index in [-0.39, 0.29) is 5.75 Å². The van der Waals surface area contributed by atoms with E-state index in [1.165, 1.54) is 6.07 Å². The van der Waals surface area contributed by atoms with Gasteiger partial charge < -0.3 is 15.3 Å². The van der Waals surface area contributed by atoms with Crippen molar-refractivity contribution in [1.82, 2.24) is 20.1 Å². The Bertz CT molecular complexity index is 948. The zero-order valence-electron chi connectivity index (χ0n) is 14.5. The number of phenolic OH excluding ortho intramolecular Hbond substituents is 1. The molecule has 0 saturated carbocycles. The maximum atomic E-state index is 10.3. The molecule has 1 aliphatic heterocycles. The first-order chi connectivity index (χ1) is 12.6. The van der Waals surface area contributed by atoms with Crippen molar-refractivity contribution in [2.24, 2.45) is 0 Å². The molecule has 1 atom stereocenters. The Morgan fingerprint density at radius 3 is 2.92 bits per heavy atom.